The van der Waals surface area contributed by atoms with Crippen molar-refractivity contribution >= 4 is 27.9 Å². The molecule has 0 fully saturated rings. The van der Waals surface area contributed by atoms with Gasteiger partial charge < -0.3 is 10.1 Å². The number of para-hydroxylation sites is 1. The van der Waals surface area contributed by atoms with Crippen LogP contribution < -0.4 is 10.1 Å². The van der Waals surface area contributed by atoms with Crippen LogP contribution in [0.4, 0.5) is 5.69 Å². The highest BCUT2D eigenvalue weighted by Crippen LogP contribution is 2.29. The van der Waals surface area contributed by atoms with Crippen molar-refractivity contribution in [2.24, 2.45) is 0 Å². The summed E-state index contributed by atoms with van der Waals surface area (Å²) in [6, 6.07) is 16.9. The Bertz CT molecular complexity index is 1320. The number of anilines is 1. The number of amides is 1. The summed E-state index contributed by atoms with van der Waals surface area (Å²) in [4.78, 5) is 18.4. The molecule has 3 aromatic heterocycles. The predicted octanol–water partition coefficient (Wildman–Crippen LogP) is 4.71. The van der Waals surface area contributed by atoms with Crippen molar-refractivity contribution in [1.82, 2.24) is 19.6 Å². The number of carbonyl (C=O) groups is 1. The van der Waals surface area contributed by atoms with Crippen LogP contribution >= 0.6 is 11.3 Å². The normalized spacial score (nSPS) is 11.0. The van der Waals surface area contributed by atoms with Gasteiger partial charge in [0.1, 0.15) is 11.4 Å². The summed E-state index contributed by atoms with van der Waals surface area (Å²) in [6.45, 7) is 0. The molecule has 5 rings (SSSR count). The smallest absolute Gasteiger partial charge is 0.273 e. The molecule has 0 spiro atoms. The molecule has 0 bridgehead atoms. The Kier molecular flexibility index (Phi) is 4.53. The lowest BCUT2D eigenvalue weighted by Crippen LogP contribution is -2.13. The van der Waals surface area contributed by atoms with Gasteiger partial charge in [0.25, 0.3) is 5.91 Å². The molecule has 8 heteroatoms. The third-order valence-electron chi connectivity index (χ3n) is 4.73. The minimum atomic E-state index is -0.273. The van der Waals surface area contributed by atoms with Gasteiger partial charge in [-0.3, -0.25) is 14.3 Å². The van der Waals surface area contributed by atoms with E-state index in [4.69, 9.17) is 4.74 Å². The Morgan fingerprint density at radius 3 is 2.90 bits per heavy atom. The molecule has 2 N–H and O–H groups in total. The number of aromatic amines is 1. The van der Waals surface area contributed by atoms with E-state index in [-0.39, 0.29) is 5.91 Å². The van der Waals surface area contributed by atoms with Crippen molar-refractivity contribution in [3.8, 4) is 28.3 Å². The third-order valence-corrected chi connectivity index (χ3v) is 5.50. The molecule has 0 atom stereocenters. The summed E-state index contributed by atoms with van der Waals surface area (Å²) in [6.07, 6.45) is 3.91. The molecule has 0 aliphatic carbocycles. The van der Waals surface area contributed by atoms with Crippen LogP contribution in [0.25, 0.3) is 27.5 Å². The zero-order chi connectivity index (χ0) is 20.5. The van der Waals surface area contributed by atoms with Crippen LogP contribution in [0.5, 0.6) is 5.75 Å². The number of hydrogen-bond acceptors (Lipinski definition) is 5. The summed E-state index contributed by atoms with van der Waals surface area (Å²) in [5, 5.41) is 12.0. The average molecular weight is 415 g/mol. The number of hydrogen-bond donors (Lipinski definition) is 2. The maximum absolute atomic E-state index is 12.9. The van der Waals surface area contributed by atoms with Crippen LogP contribution in [-0.4, -0.2) is 32.6 Å². The van der Waals surface area contributed by atoms with Gasteiger partial charge in [-0.15, -0.1) is 11.3 Å². The first-order valence-corrected chi connectivity index (χ1v) is 10.1. The number of benzene rings is 2. The van der Waals surface area contributed by atoms with Gasteiger partial charge >= 0.3 is 0 Å². The Morgan fingerprint density at radius 1 is 1.13 bits per heavy atom. The number of carbonyl (C=O) groups excluding carboxylic acids is 1. The van der Waals surface area contributed by atoms with E-state index in [9.17, 15) is 4.79 Å². The fourth-order valence-electron chi connectivity index (χ4n) is 3.23. The molecule has 3 heterocycles. The van der Waals surface area contributed by atoms with Crippen molar-refractivity contribution in [2.75, 3.05) is 12.4 Å². The summed E-state index contributed by atoms with van der Waals surface area (Å²) < 4.78 is 7.22. The van der Waals surface area contributed by atoms with Gasteiger partial charge in [-0.2, -0.15) is 5.10 Å². The van der Waals surface area contributed by atoms with E-state index in [0.29, 0.717) is 17.1 Å². The van der Waals surface area contributed by atoms with Crippen molar-refractivity contribution in [3.05, 3.63) is 78.1 Å². The second kappa shape index (κ2) is 7.49. The topological polar surface area (TPSA) is 84.3 Å². The molecule has 0 saturated heterocycles. The Labute approximate surface area is 176 Å². The first kappa shape index (κ1) is 18.1. The molecular weight excluding hydrogens is 398 g/mol. The Hall–Kier alpha value is -3.91. The van der Waals surface area contributed by atoms with Crippen LogP contribution in [0.3, 0.4) is 0 Å². The van der Waals surface area contributed by atoms with Crippen LogP contribution in [0.2, 0.25) is 0 Å². The number of thiazole rings is 1. The lowest BCUT2D eigenvalue weighted by atomic mass is 10.1. The molecule has 30 heavy (non-hydrogen) atoms. The lowest BCUT2D eigenvalue weighted by Gasteiger charge is -2.08. The highest BCUT2D eigenvalue weighted by atomic mass is 32.1. The van der Waals surface area contributed by atoms with E-state index in [1.807, 2.05) is 70.7 Å². The maximum atomic E-state index is 12.9. The van der Waals surface area contributed by atoms with Crippen molar-refractivity contribution in [3.63, 3.8) is 0 Å². The largest absolute Gasteiger partial charge is 0.497 e. The molecule has 5 aromatic rings. The molecule has 2 aromatic carbocycles. The van der Waals surface area contributed by atoms with Crippen LogP contribution in [0, 0.1) is 0 Å². The van der Waals surface area contributed by atoms with Gasteiger partial charge in [0.2, 0.25) is 0 Å². The van der Waals surface area contributed by atoms with Crippen molar-refractivity contribution < 1.29 is 9.53 Å². The first-order chi connectivity index (χ1) is 14.7. The minimum Gasteiger partial charge on any atom is -0.497 e. The van der Waals surface area contributed by atoms with Gasteiger partial charge in [-0.25, -0.2) is 4.98 Å². The van der Waals surface area contributed by atoms with Gasteiger partial charge in [-0.05, 0) is 24.3 Å². The van der Waals surface area contributed by atoms with E-state index >= 15 is 0 Å². The molecule has 0 aliphatic rings. The molecule has 7 nitrogen and oxygen atoms in total. The van der Waals surface area contributed by atoms with Gasteiger partial charge in [0.05, 0.1) is 24.2 Å². The SMILES string of the molecule is COc1cccc(-c2cc(C(=O)Nc3ccccc3-c3cn4ccsc4n3)[nH]n2)c1. The lowest BCUT2D eigenvalue weighted by molar-refractivity contribution is 0.102. The zero-order valence-corrected chi connectivity index (χ0v) is 16.8. The number of nitrogens with zero attached hydrogens (tertiary/aromatic N) is 3. The van der Waals surface area contributed by atoms with E-state index in [1.165, 1.54) is 0 Å². The zero-order valence-electron chi connectivity index (χ0n) is 16.0. The maximum Gasteiger partial charge on any atom is 0.273 e. The van der Waals surface area contributed by atoms with E-state index in [1.54, 1.807) is 24.5 Å². The molecule has 1 amide bonds. The van der Waals surface area contributed by atoms with Crippen LogP contribution in [0.15, 0.2) is 72.4 Å². The molecule has 0 aliphatic heterocycles. The van der Waals surface area contributed by atoms with Crippen molar-refractivity contribution in [1.29, 1.82) is 0 Å². The summed E-state index contributed by atoms with van der Waals surface area (Å²) in [5.74, 6) is 0.459. The Balaban J connectivity index is 1.41. The fourth-order valence-corrected chi connectivity index (χ4v) is 3.93. The fraction of sp³-hybridized carbons (Fsp3) is 0.0455. The second-order valence-corrected chi connectivity index (χ2v) is 7.49. The van der Waals surface area contributed by atoms with Crippen LogP contribution in [0.1, 0.15) is 10.5 Å². The molecule has 0 radical (unpaired) electrons. The standard InChI is InChI=1S/C22H17N5O2S/c1-29-15-6-4-5-14(11-15)18-12-19(26-25-18)21(28)23-17-8-3-2-7-16(17)20-13-27-9-10-30-22(27)24-20/h2-13H,1H3,(H,23,28)(H,25,26). The molecule has 0 unspecified atom stereocenters. The number of nitrogens with one attached hydrogen (secondary N) is 2. The van der Waals surface area contributed by atoms with Gasteiger partial charge in [-0.1, -0.05) is 30.3 Å². The first-order valence-electron chi connectivity index (χ1n) is 9.24. The third kappa shape index (κ3) is 3.33. The number of fused-ring (bicyclic) bond motifs is 1. The number of ether oxygens (including phenoxy) is 1. The minimum absolute atomic E-state index is 0.273. The molecular formula is C22H17N5O2S. The van der Waals surface area contributed by atoms with Crippen molar-refractivity contribution in [2.45, 2.75) is 0 Å². The monoisotopic (exact) mass is 415 g/mol. The number of methoxy groups -OCH3 is 1. The second-order valence-electron chi connectivity index (χ2n) is 6.62. The highest BCUT2D eigenvalue weighted by molar-refractivity contribution is 7.15. The van der Waals surface area contributed by atoms with Crippen LogP contribution in [-0.2, 0) is 0 Å². The number of aromatic nitrogens is 4. The number of rotatable bonds is 5. The summed E-state index contributed by atoms with van der Waals surface area (Å²) in [5.41, 5.74) is 4.25. The predicted molar refractivity (Wildman–Crippen MR) is 117 cm³/mol. The van der Waals surface area contributed by atoms with Gasteiger partial charge in [0.15, 0.2) is 4.96 Å². The Morgan fingerprint density at radius 2 is 2.03 bits per heavy atom. The van der Waals surface area contributed by atoms with E-state index in [2.05, 4.69) is 20.5 Å². The van der Waals surface area contributed by atoms with E-state index in [0.717, 1.165) is 27.5 Å². The molecule has 0 saturated carbocycles. The number of imidazole rings is 1. The number of H-pyrrole nitrogens is 1. The van der Waals surface area contributed by atoms with E-state index < -0.39 is 0 Å². The van der Waals surface area contributed by atoms with Gasteiger partial charge in [0, 0.05) is 28.9 Å². The molecule has 148 valence electrons. The average Bonchev–Trinajstić information content (AvgIpc) is 3.50. The quantitative estimate of drug-likeness (QED) is 0.435. The summed E-state index contributed by atoms with van der Waals surface area (Å²) >= 11 is 1.56. The summed E-state index contributed by atoms with van der Waals surface area (Å²) in [7, 11) is 1.61. The highest BCUT2D eigenvalue weighted by Gasteiger charge is 2.15.